The van der Waals surface area contributed by atoms with Crippen LogP contribution in [0, 0.1) is 12.7 Å². The van der Waals surface area contributed by atoms with Gasteiger partial charge in [0.1, 0.15) is 17.3 Å². The zero-order valence-electron chi connectivity index (χ0n) is 13.0. The first-order chi connectivity index (χ1) is 10.0. The van der Waals surface area contributed by atoms with E-state index in [9.17, 15) is 4.39 Å². The van der Waals surface area contributed by atoms with Crippen LogP contribution in [0.3, 0.4) is 0 Å². The molecule has 0 heterocycles. The van der Waals surface area contributed by atoms with Crippen LogP contribution in [0.5, 0.6) is 11.5 Å². The van der Waals surface area contributed by atoms with Crippen LogP contribution in [0.25, 0.3) is 0 Å². The summed E-state index contributed by atoms with van der Waals surface area (Å²) in [5, 5.41) is 3.13. The fraction of sp³-hybridized carbons (Fsp3) is 0.333. The van der Waals surface area contributed by atoms with E-state index in [0.717, 1.165) is 17.7 Å². The summed E-state index contributed by atoms with van der Waals surface area (Å²) in [6.07, 6.45) is 0.998. The van der Waals surface area contributed by atoms with Crippen molar-refractivity contribution in [3.8, 4) is 11.5 Å². The first-order valence-electron chi connectivity index (χ1n) is 7.29. The molecule has 1 N–H and O–H groups in total. The number of benzene rings is 2. The molecular formula is C18H22FNO. The first kappa shape index (κ1) is 15.5. The molecule has 0 fully saturated rings. The molecule has 0 saturated carbocycles. The third-order valence-electron chi connectivity index (χ3n) is 3.75. The van der Waals surface area contributed by atoms with Gasteiger partial charge >= 0.3 is 0 Å². The molecular weight excluding hydrogens is 265 g/mol. The molecule has 1 unspecified atom stereocenters. The van der Waals surface area contributed by atoms with Crippen molar-refractivity contribution in [3.63, 3.8) is 0 Å². The fourth-order valence-corrected chi connectivity index (χ4v) is 2.17. The van der Waals surface area contributed by atoms with E-state index < -0.39 is 0 Å². The van der Waals surface area contributed by atoms with Gasteiger partial charge in [-0.25, -0.2) is 4.39 Å². The molecule has 21 heavy (non-hydrogen) atoms. The van der Waals surface area contributed by atoms with Gasteiger partial charge in [0.15, 0.2) is 0 Å². The monoisotopic (exact) mass is 287 g/mol. The van der Waals surface area contributed by atoms with Gasteiger partial charge in [-0.15, -0.1) is 0 Å². The van der Waals surface area contributed by atoms with Gasteiger partial charge in [0.25, 0.3) is 0 Å². The van der Waals surface area contributed by atoms with Crippen LogP contribution in [0.2, 0.25) is 0 Å². The lowest BCUT2D eigenvalue weighted by molar-refractivity contribution is 0.462. The maximum absolute atomic E-state index is 13.8. The molecule has 1 atom stereocenters. The van der Waals surface area contributed by atoms with Crippen molar-refractivity contribution in [3.05, 3.63) is 58.9 Å². The summed E-state index contributed by atoms with van der Waals surface area (Å²) in [5.41, 5.74) is 2.67. The molecule has 0 radical (unpaired) electrons. The average Bonchev–Trinajstić information content (AvgIpc) is 2.50. The maximum atomic E-state index is 13.8. The van der Waals surface area contributed by atoms with Crippen molar-refractivity contribution in [2.45, 2.75) is 33.2 Å². The topological polar surface area (TPSA) is 21.3 Å². The van der Waals surface area contributed by atoms with E-state index in [0.29, 0.717) is 11.3 Å². The van der Waals surface area contributed by atoms with E-state index in [1.165, 1.54) is 5.56 Å². The fourth-order valence-electron chi connectivity index (χ4n) is 2.17. The molecule has 2 nitrogen and oxygen atoms in total. The number of hydrogen-bond donors (Lipinski definition) is 1. The zero-order valence-corrected chi connectivity index (χ0v) is 13.0. The lowest BCUT2D eigenvalue weighted by atomic mass is 10.0. The minimum atomic E-state index is -0.208. The van der Waals surface area contributed by atoms with E-state index in [-0.39, 0.29) is 11.9 Å². The minimum Gasteiger partial charge on any atom is -0.457 e. The quantitative estimate of drug-likeness (QED) is 0.855. The van der Waals surface area contributed by atoms with Crippen molar-refractivity contribution in [1.82, 2.24) is 5.32 Å². The van der Waals surface area contributed by atoms with Crippen LogP contribution in [0.15, 0.2) is 36.4 Å². The van der Waals surface area contributed by atoms with Crippen molar-refractivity contribution in [2.75, 3.05) is 7.05 Å². The molecule has 2 aromatic carbocycles. The maximum Gasteiger partial charge on any atom is 0.132 e. The Morgan fingerprint density at radius 2 is 1.86 bits per heavy atom. The summed E-state index contributed by atoms with van der Waals surface area (Å²) in [7, 11) is 1.85. The van der Waals surface area contributed by atoms with Gasteiger partial charge in [0.2, 0.25) is 0 Å². The Kier molecular flexibility index (Phi) is 4.97. The first-order valence-corrected chi connectivity index (χ1v) is 7.29. The number of rotatable bonds is 5. The van der Waals surface area contributed by atoms with Gasteiger partial charge in [-0.2, -0.15) is 0 Å². The van der Waals surface area contributed by atoms with Crippen molar-refractivity contribution < 1.29 is 9.13 Å². The highest BCUT2D eigenvalue weighted by Crippen LogP contribution is 2.32. The highest BCUT2D eigenvalue weighted by atomic mass is 19.1. The number of ether oxygens (including phenoxy) is 1. The molecule has 0 aliphatic carbocycles. The molecule has 0 aliphatic rings. The molecule has 0 amide bonds. The summed E-state index contributed by atoms with van der Waals surface area (Å²) in [4.78, 5) is 0. The van der Waals surface area contributed by atoms with Gasteiger partial charge in [0.05, 0.1) is 0 Å². The third kappa shape index (κ3) is 3.61. The Balaban J connectivity index is 2.34. The molecule has 0 aliphatic heterocycles. The Bertz CT molecular complexity index is 607. The third-order valence-corrected chi connectivity index (χ3v) is 3.75. The molecule has 0 aromatic heterocycles. The van der Waals surface area contributed by atoms with Crippen LogP contribution in [0.1, 0.15) is 36.6 Å². The number of halogens is 1. The normalized spacial score (nSPS) is 12.2. The summed E-state index contributed by atoms with van der Waals surface area (Å²) >= 11 is 0. The molecule has 0 spiro atoms. The number of aryl methyl sites for hydroxylation is 2. The number of nitrogens with one attached hydrogen (secondary N) is 1. The van der Waals surface area contributed by atoms with E-state index in [1.807, 2.05) is 38.2 Å². The van der Waals surface area contributed by atoms with Crippen LogP contribution in [0.4, 0.5) is 4.39 Å². The largest absolute Gasteiger partial charge is 0.457 e. The van der Waals surface area contributed by atoms with E-state index in [1.54, 1.807) is 19.1 Å². The second-order valence-corrected chi connectivity index (χ2v) is 5.25. The Hall–Kier alpha value is -1.87. The predicted octanol–water partition coefficient (Wildman–Crippen LogP) is 4.77. The van der Waals surface area contributed by atoms with Crippen LogP contribution in [-0.2, 0) is 6.42 Å². The lowest BCUT2D eigenvalue weighted by Gasteiger charge is -2.17. The van der Waals surface area contributed by atoms with Crippen molar-refractivity contribution in [2.24, 2.45) is 0 Å². The Morgan fingerprint density at radius 3 is 2.43 bits per heavy atom. The molecule has 2 rings (SSSR count). The van der Waals surface area contributed by atoms with Gasteiger partial charge in [-0.3, -0.25) is 0 Å². The van der Waals surface area contributed by atoms with Crippen LogP contribution in [-0.4, -0.2) is 7.05 Å². The summed E-state index contributed by atoms with van der Waals surface area (Å²) in [5.74, 6) is 1.25. The summed E-state index contributed by atoms with van der Waals surface area (Å²) in [6, 6.07) is 11.3. The number of hydrogen-bond acceptors (Lipinski definition) is 2. The van der Waals surface area contributed by atoms with Gasteiger partial charge in [-0.1, -0.05) is 19.1 Å². The Labute approximate surface area is 126 Å². The van der Waals surface area contributed by atoms with E-state index >= 15 is 0 Å². The van der Waals surface area contributed by atoms with Gasteiger partial charge in [-0.05, 0) is 62.7 Å². The van der Waals surface area contributed by atoms with Crippen molar-refractivity contribution >= 4 is 0 Å². The summed E-state index contributed by atoms with van der Waals surface area (Å²) in [6.45, 7) is 5.85. The van der Waals surface area contributed by atoms with Gasteiger partial charge in [0, 0.05) is 11.6 Å². The second kappa shape index (κ2) is 6.72. The standard InChI is InChI=1S/C18H22FNO/c1-5-14-6-8-15(9-7-14)21-18-10-12(2)17(19)11-16(18)13(3)20-4/h6-11,13,20H,5H2,1-4H3. The molecule has 3 heteroatoms. The average molecular weight is 287 g/mol. The minimum absolute atomic E-state index is 0.0185. The van der Waals surface area contributed by atoms with E-state index in [2.05, 4.69) is 12.2 Å². The molecule has 2 aromatic rings. The smallest absolute Gasteiger partial charge is 0.132 e. The highest BCUT2D eigenvalue weighted by Gasteiger charge is 2.14. The highest BCUT2D eigenvalue weighted by molar-refractivity contribution is 5.43. The van der Waals surface area contributed by atoms with Crippen LogP contribution >= 0.6 is 0 Å². The second-order valence-electron chi connectivity index (χ2n) is 5.25. The molecule has 0 bridgehead atoms. The van der Waals surface area contributed by atoms with Crippen molar-refractivity contribution in [1.29, 1.82) is 0 Å². The Morgan fingerprint density at radius 1 is 1.19 bits per heavy atom. The lowest BCUT2D eigenvalue weighted by Crippen LogP contribution is -2.13. The van der Waals surface area contributed by atoms with Crippen LogP contribution < -0.4 is 10.1 Å². The predicted molar refractivity (Wildman–Crippen MR) is 84.5 cm³/mol. The SMILES string of the molecule is CCc1ccc(Oc2cc(C)c(F)cc2C(C)NC)cc1. The molecule has 0 saturated heterocycles. The summed E-state index contributed by atoms with van der Waals surface area (Å²) < 4.78 is 19.8. The van der Waals surface area contributed by atoms with E-state index in [4.69, 9.17) is 4.74 Å². The zero-order chi connectivity index (χ0) is 15.4. The van der Waals surface area contributed by atoms with Gasteiger partial charge < -0.3 is 10.1 Å². The molecule has 112 valence electrons.